The standard InChI is InChI=1S/C22H28O3/c1-13-11-19-17-6-5-15-12-16(24)7-9-20(15,3)18(17)8-10-21(19,4)22(13,25)14(2)23/h7-9,12-13,17,19,25H,5-6,10-11H2,1-4H3/t13-,17+,19-,20-,21-,22-/m0/s1. The van der Waals surface area contributed by atoms with E-state index in [0.29, 0.717) is 11.8 Å². The maximum absolute atomic E-state index is 12.4. The topological polar surface area (TPSA) is 54.4 Å². The summed E-state index contributed by atoms with van der Waals surface area (Å²) in [6.45, 7) is 7.91. The van der Waals surface area contributed by atoms with E-state index in [2.05, 4.69) is 26.0 Å². The Morgan fingerprint density at radius 2 is 2.04 bits per heavy atom. The van der Waals surface area contributed by atoms with Crippen molar-refractivity contribution >= 4 is 11.6 Å². The van der Waals surface area contributed by atoms with Crippen molar-refractivity contribution in [2.45, 2.75) is 59.0 Å². The van der Waals surface area contributed by atoms with Crippen LogP contribution in [0.4, 0.5) is 0 Å². The third-order valence-electron chi connectivity index (χ3n) is 8.07. The van der Waals surface area contributed by atoms with Crippen LogP contribution in [-0.2, 0) is 9.59 Å². The van der Waals surface area contributed by atoms with Gasteiger partial charge < -0.3 is 5.11 Å². The Hall–Kier alpha value is -1.48. The highest BCUT2D eigenvalue weighted by molar-refractivity contribution is 6.01. The smallest absolute Gasteiger partial charge is 0.178 e. The largest absolute Gasteiger partial charge is 0.381 e. The molecule has 0 aliphatic heterocycles. The van der Waals surface area contributed by atoms with Gasteiger partial charge in [0, 0.05) is 10.8 Å². The van der Waals surface area contributed by atoms with Gasteiger partial charge in [0.05, 0.1) is 0 Å². The molecule has 0 aromatic carbocycles. The van der Waals surface area contributed by atoms with Crippen molar-refractivity contribution in [3.8, 4) is 0 Å². The van der Waals surface area contributed by atoms with Gasteiger partial charge in [0.2, 0.25) is 0 Å². The normalized spacial score (nSPS) is 48.2. The van der Waals surface area contributed by atoms with Crippen LogP contribution >= 0.6 is 0 Å². The summed E-state index contributed by atoms with van der Waals surface area (Å²) in [5.74, 6) is 0.691. The summed E-state index contributed by atoms with van der Waals surface area (Å²) in [5, 5.41) is 11.4. The van der Waals surface area contributed by atoms with Crippen molar-refractivity contribution in [3.05, 3.63) is 35.5 Å². The van der Waals surface area contributed by atoms with Crippen LogP contribution in [0, 0.1) is 28.6 Å². The van der Waals surface area contributed by atoms with Gasteiger partial charge in [0.1, 0.15) is 5.60 Å². The number of Topliss-reactive ketones (excluding diaryl/α,β-unsaturated/α-hetero) is 1. The van der Waals surface area contributed by atoms with E-state index >= 15 is 0 Å². The number of fused-ring (bicyclic) bond motifs is 5. The molecule has 0 amide bonds. The summed E-state index contributed by atoms with van der Waals surface area (Å²) in [4.78, 5) is 24.2. The van der Waals surface area contributed by atoms with Crippen LogP contribution in [0.1, 0.15) is 53.4 Å². The number of aliphatic hydroxyl groups is 1. The zero-order valence-corrected chi connectivity index (χ0v) is 15.6. The van der Waals surface area contributed by atoms with E-state index in [-0.39, 0.29) is 22.9 Å². The lowest BCUT2D eigenvalue weighted by molar-refractivity contribution is -0.156. The second kappa shape index (κ2) is 5.03. The van der Waals surface area contributed by atoms with E-state index in [9.17, 15) is 14.7 Å². The molecule has 4 aliphatic rings. The summed E-state index contributed by atoms with van der Waals surface area (Å²) >= 11 is 0. The van der Waals surface area contributed by atoms with Crippen LogP contribution in [0.3, 0.4) is 0 Å². The van der Waals surface area contributed by atoms with Crippen molar-refractivity contribution in [1.29, 1.82) is 0 Å². The SMILES string of the molecule is CC(=O)[C@@]1(O)[C@@H](C)C[C@H]2[C@@H]3CCC4=CC(=O)C=C[C@]4(C)C3=CC[C@@]21C. The molecule has 25 heavy (non-hydrogen) atoms. The maximum Gasteiger partial charge on any atom is 0.178 e. The predicted octanol–water partition coefficient (Wildman–Crippen LogP) is 3.78. The van der Waals surface area contributed by atoms with Crippen LogP contribution < -0.4 is 0 Å². The zero-order valence-electron chi connectivity index (χ0n) is 15.6. The third-order valence-corrected chi connectivity index (χ3v) is 8.07. The lowest BCUT2D eigenvalue weighted by atomic mass is 9.51. The van der Waals surface area contributed by atoms with E-state index in [1.165, 1.54) is 11.1 Å². The minimum atomic E-state index is -1.23. The van der Waals surface area contributed by atoms with Gasteiger partial charge in [-0.2, -0.15) is 0 Å². The molecule has 0 unspecified atom stereocenters. The third kappa shape index (κ3) is 1.91. The van der Waals surface area contributed by atoms with Crippen LogP contribution in [0.2, 0.25) is 0 Å². The first-order valence-corrected chi connectivity index (χ1v) is 9.53. The number of carbonyl (C=O) groups excluding carboxylic acids is 2. The molecule has 1 N–H and O–H groups in total. The predicted molar refractivity (Wildman–Crippen MR) is 96.8 cm³/mol. The van der Waals surface area contributed by atoms with Gasteiger partial charge in [0.15, 0.2) is 11.6 Å². The summed E-state index contributed by atoms with van der Waals surface area (Å²) in [6, 6.07) is 0. The van der Waals surface area contributed by atoms with Crippen molar-refractivity contribution in [2.75, 3.05) is 0 Å². The lowest BCUT2D eigenvalue weighted by Crippen LogP contribution is -2.55. The number of rotatable bonds is 1. The molecule has 3 heteroatoms. The fourth-order valence-corrected chi connectivity index (χ4v) is 6.62. The Kier molecular flexibility index (Phi) is 3.41. The molecule has 4 aliphatic carbocycles. The first kappa shape index (κ1) is 17.0. The van der Waals surface area contributed by atoms with Crippen LogP contribution in [0.15, 0.2) is 35.5 Å². The molecule has 3 nitrogen and oxygen atoms in total. The quantitative estimate of drug-likeness (QED) is 0.739. The minimum absolute atomic E-state index is 0.0130. The lowest BCUT2D eigenvalue weighted by Gasteiger charge is -2.53. The van der Waals surface area contributed by atoms with Gasteiger partial charge >= 0.3 is 0 Å². The monoisotopic (exact) mass is 340 g/mol. The van der Waals surface area contributed by atoms with Gasteiger partial charge in [-0.25, -0.2) is 0 Å². The Labute approximate surface area is 149 Å². The molecule has 0 spiro atoms. The highest BCUT2D eigenvalue weighted by Gasteiger charge is 2.66. The Balaban J connectivity index is 1.81. The van der Waals surface area contributed by atoms with Gasteiger partial charge in [0.25, 0.3) is 0 Å². The van der Waals surface area contributed by atoms with Gasteiger partial charge in [-0.1, -0.05) is 37.1 Å². The number of ketones is 2. The highest BCUT2D eigenvalue weighted by atomic mass is 16.3. The van der Waals surface area contributed by atoms with Gasteiger partial charge in [-0.3, -0.25) is 9.59 Å². The van der Waals surface area contributed by atoms with Crippen molar-refractivity contribution < 1.29 is 14.7 Å². The molecule has 4 rings (SSSR count). The summed E-state index contributed by atoms with van der Waals surface area (Å²) < 4.78 is 0. The molecule has 134 valence electrons. The number of carbonyl (C=O) groups is 2. The van der Waals surface area contributed by atoms with E-state index < -0.39 is 11.0 Å². The van der Waals surface area contributed by atoms with Crippen molar-refractivity contribution in [1.82, 2.24) is 0 Å². The molecule has 2 fully saturated rings. The van der Waals surface area contributed by atoms with Crippen molar-refractivity contribution in [2.24, 2.45) is 28.6 Å². The number of hydrogen-bond acceptors (Lipinski definition) is 3. The molecule has 6 atom stereocenters. The Morgan fingerprint density at radius 3 is 2.72 bits per heavy atom. The van der Waals surface area contributed by atoms with Gasteiger partial charge in [-0.15, -0.1) is 0 Å². The fraction of sp³-hybridized carbons (Fsp3) is 0.636. The minimum Gasteiger partial charge on any atom is -0.381 e. The summed E-state index contributed by atoms with van der Waals surface area (Å²) in [7, 11) is 0. The molecule has 0 aromatic rings. The molecular formula is C22H28O3. The van der Waals surface area contributed by atoms with E-state index in [0.717, 1.165) is 25.7 Å². The molecule has 2 saturated carbocycles. The molecule has 0 saturated heterocycles. The average molecular weight is 340 g/mol. The second-order valence-electron chi connectivity index (χ2n) is 9.10. The van der Waals surface area contributed by atoms with Crippen LogP contribution in [-0.4, -0.2) is 22.3 Å². The van der Waals surface area contributed by atoms with E-state index in [1.807, 2.05) is 13.0 Å². The zero-order chi connectivity index (χ0) is 18.2. The summed E-state index contributed by atoms with van der Waals surface area (Å²) in [6.07, 6.45) is 11.4. The van der Waals surface area contributed by atoms with Crippen molar-refractivity contribution in [3.63, 3.8) is 0 Å². The van der Waals surface area contributed by atoms with Gasteiger partial charge in [-0.05, 0) is 69.4 Å². The number of hydrogen-bond donors (Lipinski definition) is 1. The average Bonchev–Trinajstić information content (AvgIpc) is 2.77. The fourth-order valence-electron chi connectivity index (χ4n) is 6.62. The summed E-state index contributed by atoms with van der Waals surface area (Å²) in [5.41, 5.74) is 0.834. The van der Waals surface area contributed by atoms with E-state index in [4.69, 9.17) is 0 Å². The molecular weight excluding hydrogens is 312 g/mol. The second-order valence-corrected chi connectivity index (χ2v) is 9.10. The first-order valence-electron chi connectivity index (χ1n) is 9.53. The molecule has 0 bridgehead atoms. The van der Waals surface area contributed by atoms with Crippen LogP contribution in [0.25, 0.3) is 0 Å². The molecule has 0 aromatic heterocycles. The molecule has 0 heterocycles. The first-order chi connectivity index (χ1) is 11.6. The highest BCUT2D eigenvalue weighted by Crippen LogP contribution is 2.66. The number of allylic oxidation sites excluding steroid dienone is 6. The Bertz CT molecular complexity index is 757. The van der Waals surface area contributed by atoms with Crippen LogP contribution in [0.5, 0.6) is 0 Å². The van der Waals surface area contributed by atoms with E-state index in [1.54, 1.807) is 13.0 Å². The maximum atomic E-state index is 12.4. The molecule has 0 radical (unpaired) electrons. The Morgan fingerprint density at radius 1 is 1.32 bits per heavy atom.